The van der Waals surface area contributed by atoms with E-state index in [9.17, 15) is 0 Å². The van der Waals surface area contributed by atoms with Gasteiger partial charge in [0.15, 0.2) is 11.5 Å². The zero-order valence-electron chi connectivity index (χ0n) is 13.6. The van der Waals surface area contributed by atoms with Gasteiger partial charge in [0.25, 0.3) is 0 Å². The van der Waals surface area contributed by atoms with Crippen LogP contribution in [0.1, 0.15) is 44.2 Å². The van der Waals surface area contributed by atoms with Crippen LogP contribution in [0.3, 0.4) is 0 Å². The van der Waals surface area contributed by atoms with Crippen LogP contribution in [0.2, 0.25) is 0 Å². The predicted molar refractivity (Wildman–Crippen MR) is 84.5 cm³/mol. The molecule has 0 radical (unpaired) electrons. The van der Waals surface area contributed by atoms with E-state index in [0.29, 0.717) is 17.2 Å². The van der Waals surface area contributed by atoms with Crippen molar-refractivity contribution in [3.63, 3.8) is 0 Å². The zero-order chi connectivity index (χ0) is 15.2. The standard InChI is InChI=1S/C17H27NO3/c1-12(18-11-13-7-5-6-8-13)14-9-15(19-2)17(21-4)16(10-14)20-3/h9-10,12-13,18H,5-8,11H2,1-4H3. The molecular formula is C17H27NO3. The SMILES string of the molecule is COc1cc(C(C)NCC2CCCC2)cc(OC)c1OC. The van der Waals surface area contributed by atoms with Gasteiger partial charge < -0.3 is 19.5 Å². The van der Waals surface area contributed by atoms with E-state index in [4.69, 9.17) is 14.2 Å². The van der Waals surface area contributed by atoms with E-state index in [1.54, 1.807) is 21.3 Å². The minimum atomic E-state index is 0.263. The molecule has 0 bridgehead atoms. The fourth-order valence-corrected chi connectivity index (χ4v) is 3.03. The summed E-state index contributed by atoms with van der Waals surface area (Å²) in [5.74, 6) is 2.89. The highest BCUT2D eigenvalue weighted by atomic mass is 16.5. The molecule has 118 valence electrons. The van der Waals surface area contributed by atoms with Crippen LogP contribution in [0.15, 0.2) is 12.1 Å². The summed E-state index contributed by atoms with van der Waals surface area (Å²) in [5, 5.41) is 3.63. The van der Waals surface area contributed by atoms with E-state index >= 15 is 0 Å². The molecule has 4 heteroatoms. The molecule has 0 saturated heterocycles. The molecule has 1 atom stereocenters. The largest absolute Gasteiger partial charge is 0.493 e. The molecule has 1 fully saturated rings. The topological polar surface area (TPSA) is 39.7 Å². The minimum absolute atomic E-state index is 0.263. The van der Waals surface area contributed by atoms with Gasteiger partial charge in [-0.15, -0.1) is 0 Å². The van der Waals surface area contributed by atoms with Crippen molar-refractivity contribution in [2.75, 3.05) is 27.9 Å². The molecule has 0 aliphatic heterocycles. The van der Waals surface area contributed by atoms with Crippen molar-refractivity contribution in [1.82, 2.24) is 5.32 Å². The molecule has 0 heterocycles. The summed E-state index contributed by atoms with van der Waals surface area (Å²) < 4.78 is 16.2. The molecule has 0 spiro atoms. The highest BCUT2D eigenvalue weighted by molar-refractivity contribution is 5.54. The molecule has 1 aliphatic rings. The molecule has 4 nitrogen and oxygen atoms in total. The lowest BCUT2D eigenvalue weighted by atomic mass is 10.0. The summed E-state index contributed by atoms with van der Waals surface area (Å²) in [5.41, 5.74) is 1.16. The van der Waals surface area contributed by atoms with Gasteiger partial charge in [0.1, 0.15) is 0 Å². The number of nitrogens with one attached hydrogen (secondary N) is 1. The molecule has 1 saturated carbocycles. The first kappa shape index (κ1) is 16.0. The minimum Gasteiger partial charge on any atom is -0.493 e. The van der Waals surface area contributed by atoms with Crippen molar-refractivity contribution in [2.45, 2.75) is 38.6 Å². The molecule has 2 rings (SSSR count). The molecule has 1 N–H and O–H groups in total. The summed E-state index contributed by atoms with van der Waals surface area (Å²) in [7, 11) is 4.93. The summed E-state index contributed by atoms with van der Waals surface area (Å²) >= 11 is 0. The molecular weight excluding hydrogens is 266 g/mol. The Bertz CT molecular complexity index is 430. The van der Waals surface area contributed by atoms with Crippen molar-refractivity contribution < 1.29 is 14.2 Å². The Morgan fingerprint density at radius 1 is 1.05 bits per heavy atom. The zero-order valence-corrected chi connectivity index (χ0v) is 13.6. The van der Waals surface area contributed by atoms with Gasteiger partial charge in [-0.1, -0.05) is 12.8 Å². The van der Waals surface area contributed by atoms with Crippen LogP contribution in [0.4, 0.5) is 0 Å². The van der Waals surface area contributed by atoms with Crippen LogP contribution in [-0.4, -0.2) is 27.9 Å². The molecule has 21 heavy (non-hydrogen) atoms. The van der Waals surface area contributed by atoms with E-state index in [2.05, 4.69) is 12.2 Å². The monoisotopic (exact) mass is 293 g/mol. The van der Waals surface area contributed by atoms with Crippen molar-refractivity contribution in [2.24, 2.45) is 5.92 Å². The lowest BCUT2D eigenvalue weighted by Crippen LogP contribution is -2.24. The normalized spacial score (nSPS) is 16.8. The van der Waals surface area contributed by atoms with Crippen LogP contribution in [0, 0.1) is 5.92 Å². The van der Waals surface area contributed by atoms with Crippen molar-refractivity contribution in [3.05, 3.63) is 17.7 Å². The van der Waals surface area contributed by atoms with Crippen molar-refractivity contribution in [3.8, 4) is 17.2 Å². The molecule has 0 amide bonds. The van der Waals surface area contributed by atoms with E-state index in [1.165, 1.54) is 25.7 Å². The smallest absolute Gasteiger partial charge is 0.203 e. The number of ether oxygens (including phenoxy) is 3. The van der Waals surface area contributed by atoms with Gasteiger partial charge in [0, 0.05) is 6.04 Å². The quantitative estimate of drug-likeness (QED) is 0.834. The van der Waals surface area contributed by atoms with Crippen molar-refractivity contribution >= 4 is 0 Å². The van der Waals surface area contributed by atoms with Gasteiger partial charge in [0.2, 0.25) is 5.75 Å². The van der Waals surface area contributed by atoms with Crippen LogP contribution >= 0.6 is 0 Å². The molecule has 1 aromatic rings. The Morgan fingerprint density at radius 3 is 2.10 bits per heavy atom. The lowest BCUT2D eigenvalue weighted by Gasteiger charge is -2.20. The Labute approximate surface area is 127 Å². The average Bonchev–Trinajstić information content (AvgIpc) is 3.04. The highest BCUT2D eigenvalue weighted by Gasteiger charge is 2.18. The first-order valence-corrected chi connectivity index (χ1v) is 7.72. The van der Waals surface area contributed by atoms with Crippen LogP contribution in [0.5, 0.6) is 17.2 Å². The first-order chi connectivity index (χ1) is 10.2. The third-order valence-electron chi connectivity index (χ3n) is 4.37. The van der Waals surface area contributed by atoms with E-state index < -0.39 is 0 Å². The molecule has 1 aromatic carbocycles. The van der Waals surface area contributed by atoms with Crippen molar-refractivity contribution in [1.29, 1.82) is 0 Å². The van der Waals surface area contributed by atoms with Gasteiger partial charge in [-0.05, 0) is 49.9 Å². The van der Waals surface area contributed by atoms with E-state index in [-0.39, 0.29) is 6.04 Å². The van der Waals surface area contributed by atoms with Gasteiger partial charge in [-0.25, -0.2) is 0 Å². The van der Waals surface area contributed by atoms with Gasteiger partial charge in [-0.2, -0.15) is 0 Å². The van der Waals surface area contributed by atoms with Gasteiger partial charge in [-0.3, -0.25) is 0 Å². The first-order valence-electron chi connectivity index (χ1n) is 7.72. The lowest BCUT2D eigenvalue weighted by molar-refractivity contribution is 0.323. The van der Waals surface area contributed by atoms with E-state index in [0.717, 1.165) is 18.0 Å². The molecule has 1 unspecified atom stereocenters. The summed E-state index contributed by atoms with van der Waals surface area (Å²) in [6.07, 6.45) is 5.47. The number of benzene rings is 1. The highest BCUT2D eigenvalue weighted by Crippen LogP contribution is 2.39. The van der Waals surface area contributed by atoms with E-state index in [1.807, 2.05) is 12.1 Å². The van der Waals surface area contributed by atoms with Crippen LogP contribution < -0.4 is 19.5 Å². The van der Waals surface area contributed by atoms with Crippen LogP contribution in [0.25, 0.3) is 0 Å². The Hall–Kier alpha value is -1.42. The fraction of sp³-hybridized carbons (Fsp3) is 0.647. The average molecular weight is 293 g/mol. The number of hydrogen-bond donors (Lipinski definition) is 1. The summed E-state index contributed by atoms with van der Waals surface area (Å²) in [4.78, 5) is 0. The molecule has 0 aromatic heterocycles. The third-order valence-corrected chi connectivity index (χ3v) is 4.37. The number of rotatable bonds is 7. The van der Waals surface area contributed by atoms with Gasteiger partial charge in [0.05, 0.1) is 21.3 Å². The molecule has 1 aliphatic carbocycles. The maximum Gasteiger partial charge on any atom is 0.203 e. The summed E-state index contributed by atoms with van der Waals surface area (Å²) in [6.45, 7) is 3.26. The Balaban J connectivity index is 2.10. The number of methoxy groups -OCH3 is 3. The predicted octanol–water partition coefficient (Wildman–Crippen LogP) is 3.55. The van der Waals surface area contributed by atoms with Gasteiger partial charge >= 0.3 is 0 Å². The second kappa shape index (κ2) is 7.55. The second-order valence-corrected chi connectivity index (χ2v) is 5.74. The third kappa shape index (κ3) is 3.82. The summed E-state index contributed by atoms with van der Waals surface area (Å²) in [6, 6.07) is 4.31. The Kier molecular flexibility index (Phi) is 5.74. The maximum atomic E-state index is 5.41. The fourth-order valence-electron chi connectivity index (χ4n) is 3.03. The van der Waals surface area contributed by atoms with Crippen LogP contribution in [-0.2, 0) is 0 Å². The number of hydrogen-bond acceptors (Lipinski definition) is 4. The second-order valence-electron chi connectivity index (χ2n) is 5.74. The Morgan fingerprint density at radius 2 is 1.62 bits per heavy atom. The maximum absolute atomic E-state index is 5.41.